The van der Waals surface area contributed by atoms with Gasteiger partial charge in [-0.2, -0.15) is 13.2 Å². The molecule has 0 radical (unpaired) electrons. The summed E-state index contributed by atoms with van der Waals surface area (Å²) in [4.78, 5) is 29.1. The number of piperidine rings is 1. The number of hydrogen-bond donors (Lipinski definition) is 1. The van der Waals surface area contributed by atoms with Crippen molar-refractivity contribution < 1.29 is 27.5 Å². The molecule has 2 aliphatic rings. The van der Waals surface area contributed by atoms with Crippen molar-refractivity contribution >= 4 is 35.0 Å². The lowest BCUT2D eigenvalue weighted by Crippen LogP contribution is -2.51. The number of rotatable bonds is 3. The van der Waals surface area contributed by atoms with Crippen molar-refractivity contribution in [2.75, 3.05) is 23.3 Å². The lowest BCUT2D eigenvalue weighted by atomic mass is 9.96. The van der Waals surface area contributed by atoms with Crippen LogP contribution < -0.4 is 10.2 Å². The van der Waals surface area contributed by atoms with Crippen molar-refractivity contribution in [2.45, 2.75) is 70.8 Å². The van der Waals surface area contributed by atoms with Crippen LogP contribution in [0.1, 0.15) is 56.7 Å². The van der Waals surface area contributed by atoms with Gasteiger partial charge in [0.15, 0.2) is 0 Å². The largest absolute Gasteiger partial charge is 0.444 e. The second kappa shape index (κ2) is 10.4. The molecule has 2 heterocycles. The number of fused-ring (bicyclic) bond motifs is 1. The van der Waals surface area contributed by atoms with Crippen LogP contribution in [0.15, 0.2) is 36.4 Å². The maximum Gasteiger partial charge on any atom is 0.416 e. The SMILES string of the molecule is CC(C)(C)OC(=O)N1CCCC[C@@H]1C(=O)Nc1ccc(N2CCc3ccc(C(F)(F)F)cc3C2)c(Cl)c1. The van der Waals surface area contributed by atoms with Crippen molar-refractivity contribution in [1.29, 1.82) is 0 Å². The van der Waals surface area contributed by atoms with Gasteiger partial charge in [0.05, 0.1) is 16.3 Å². The molecule has 1 fully saturated rings. The lowest BCUT2D eigenvalue weighted by molar-refractivity contribution is -0.137. The Kier molecular flexibility index (Phi) is 7.65. The normalized spacial score (nSPS) is 18.3. The molecular weight excluding hydrogens is 507 g/mol. The smallest absolute Gasteiger partial charge is 0.416 e. The molecule has 6 nitrogen and oxygen atoms in total. The average Bonchev–Trinajstić information content (AvgIpc) is 2.82. The summed E-state index contributed by atoms with van der Waals surface area (Å²) in [6.07, 6.45) is -2.16. The third-order valence-electron chi connectivity index (χ3n) is 6.54. The highest BCUT2D eigenvalue weighted by molar-refractivity contribution is 6.33. The van der Waals surface area contributed by atoms with Crippen molar-refractivity contribution in [3.05, 3.63) is 58.1 Å². The van der Waals surface area contributed by atoms with Crippen LogP contribution in [0, 0.1) is 0 Å². The third-order valence-corrected chi connectivity index (χ3v) is 6.84. The molecule has 1 saturated heterocycles. The number of carbonyl (C=O) groups excluding carboxylic acids is 2. The molecule has 0 unspecified atom stereocenters. The summed E-state index contributed by atoms with van der Waals surface area (Å²) in [5.41, 5.74) is 1.34. The Morgan fingerprint density at radius 2 is 1.78 bits per heavy atom. The molecule has 10 heteroatoms. The predicted molar refractivity (Wildman–Crippen MR) is 137 cm³/mol. The van der Waals surface area contributed by atoms with Crippen LogP contribution in [0.5, 0.6) is 0 Å². The number of alkyl halides is 3. The highest BCUT2D eigenvalue weighted by Gasteiger charge is 2.35. The highest BCUT2D eigenvalue weighted by Crippen LogP contribution is 2.36. The zero-order chi connectivity index (χ0) is 27.0. The molecule has 2 aromatic rings. The van der Waals surface area contributed by atoms with Gasteiger partial charge in [0.2, 0.25) is 5.91 Å². The fraction of sp³-hybridized carbons (Fsp3) is 0.481. The summed E-state index contributed by atoms with van der Waals surface area (Å²) >= 11 is 6.56. The van der Waals surface area contributed by atoms with Gasteiger partial charge in [0.25, 0.3) is 0 Å². The number of benzene rings is 2. The van der Waals surface area contributed by atoms with Gasteiger partial charge in [-0.25, -0.2) is 4.79 Å². The Morgan fingerprint density at radius 3 is 2.46 bits per heavy atom. The molecule has 2 amide bonds. The molecule has 200 valence electrons. The monoisotopic (exact) mass is 537 g/mol. The summed E-state index contributed by atoms with van der Waals surface area (Å²) in [6, 6.07) is 8.30. The molecule has 0 aromatic heterocycles. The maximum atomic E-state index is 13.2. The summed E-state index contributed by atoms with van der Waals surface area (Å²) in [7, 11) is 0. The van der Waals surface area contributed by atoms with Gasteiger partial charge in [-0.05, 0) is 87.9 Å². The number of anilines is 2. The minimum absolute atomic E-state index is 0.303. The summed E-state index contributed by atoms with van der Waals surface area (Å²) < 4.78 is 45.0. The van der Waals surface area contributed by atoms with Gasteiger partial charge in [0.1, 0.15) is 11.6 Å². The van der Waals surface area contributed by atoms with Crippen LogP contribution in [0.3, 0.4) is 0 Å². The first-order chi connectivity index (χ1) is 17.3. The summed E-state index contributed by atoms with van der Waals surface area (Å²) in [6.45, 7) is 6.70. The number of ether oxygens (including phenoxy) is 1. The van der Waals surface area contributed by atoms with Crippen LogP contribution in [-0.4, -0.2) is 41.6 Å². The van der Waals surface area contributed by atoms with Gasteiger partial charge in [-0.1, -0.05) is 17.7 Å². The molecule has 0 saturated carbocycles. The molecular formula is C27H31ClF3N3O3. The first kappa shape index (κ1) is 27.1. The fourth-order valence-corrected chi connectivity index (χ4v) is 5.05. The van der Waals surface area contributed by atoms with Gasteiger partial charge in [0, 0.05) is 25.3 Å². The number of hydrogen-bond acceptors (Lipinski definition) is 4. The number of likely N-dealkylation sites (tertiary alicyclic amines) is 1. The van der Waals surface area contributed by atoms with E-state index in [4.69, 9.17) is 16.3 Å². The number of nitrogens with zero attached hydrogens (tertiary/aromatic N) is 2. The van der Waals surface area contributed by atoms with Crippen molar-refractivity contribution in [3.63, 3.8) is 0 Å². The van der Waals surface area contributed by atoms with Gasteiger partial charge in [-0.15, -0.1) is 0 Å². The van der Waals surface area contributed by atoms with E-state index in [-0.39, 0.29) is 5.91 Å². The Labute approximate surface area is 219 Å². The minimum atomic E-state index is -4.40. The van der Waals surface area contributed by atoms with E-state index in [0.29, 0.717) is 54.4 Å². The summed E-state index contributed by atoms with van der Waals surface area (Å²) in [5.74, 6) is -0.319. The van der Waals surface area contributed by atoms with E-state index in [1.54, 1.807) is 45.0 Å². The van der Waals surface area contributed by atoms with E-state index < -0.39 is 29.5 Å². The van der Waals surface area contributed by atoms with Crippen LogP contribution >= 0.6 is 11.6 Å². The second-order valence-electron chi connectivity index (χ2n) is 10.5. The zero-order valence-corrected chi connectivity index (χ0v) is 21.9. The molecule has 2 aliphatic heterocycles. The number of nitrogens with one attached hydrogen (secondary N) is 1. The van der Waals surface area contributed by atoms with E-state index in [1.165, 1.54) is 11.0 Å². The van der Waals surface area contributed by atoms with Gasteiger partial charge >= 0.3 is 12.3 Å². The van der Waals surface area contributed by atoms with Crippen molar-refractivity contribution in [1.82, 2.24) is 4.90 Å². The molecule has 0 aliphatic carbocycles. The predicted octanol–water partition coefficient (Wildman–Crippen LogP) is 6.65. The fourth-order valence-electron chi connectivity index (χ4n) is 4.75. The number of amides is 2. The van der Waals surface area contributed by atoms with Crippen molar-refractivity contribution in [2.24, 2.45) is 0 Å². The molecule has 2 aromatic carbocycles. The lowest BCUT2D eigenvalue weighted by Gasteiger charge is -2.35. The van der Waals surface area contributed by atoms with Crippen LogP contribution in [0.25, 0.3) is 0 Å². The Hall–Kier alpha value is -2.94. The van der Waals surface area contributed by atoms with E-state index in [2.05, 4.69) is 5.32 Å². The first-order valence-electron chi connectivity index (χ1n) is 12.4. The molecule has 1 N–H and O–H groups in total. The Morgan fingerprint density at radius 1 is 1.03 bits per heavy atom. The third kappa shape index (κ3) is 6.50. The topological polar surface area (TPSA) is 61.9 Å². The second-order valence-corrected chi connectivity index (χ2v) is 10.9. The molecule has 0 bridgehead atoms. The van der Waals surface area contributed by atoms with Crippen LogP contribution in [0.4, 0.5) is 29.3 Å². The summed E-state index contributed by atoms with van der Waals surface area (Å²) in [5, 5.41) is 3.23. The van der Waals surface area contributed by atoms with Crippen LogP contribution in [-0.2, 0) is 28.7 Å². The highest BCUT2D eigenvalue weighted by atomic mass is 35.5. The maximum absolute atomic E-state index is 13.2. The minimum Gasteiger partial charge on any atom is -0.444 e. The van der Waals surface area contributed by atoms with E-state index >= 15 is 0 Å². The van der Waals surface area contributed by atoms with Crippen molar-refractivity contribution in [3.8, 4) is 0 Å². The van der Waals surface area contributed by atoms with Gasteiger partial charge < -0.3 is 15.0 Å². The molecule has 4 rings (SSSR count). The van der Waals surface area contributed by atoms with Gasteiger partial charge in [-0.3, -0.25) is 9.69 Å². The van der Waals surface area contributed by atoms with E-state index in [1.807, 2.05) is 4.90 Å². The average molecular weight is 538 g/mol. The quantitative estimate of drug-likeness (QED) is 0.476. The van der Waals surface area contributed by atoms with E-state index in [0.717, 1.165) is 24.5 Å². The molecule has 1 atom stereocenters. The standard InChI is InChI=1S/C27H31ClF3N3O3/c1-26(2,3)37-25(36)34-12-5-4-6-23(34)24(35)32-20-9-10-22(21(28)15-20)33-13-11-17-7-8-19(27(29,30)31)14-18(17)16-33/h7-10,14-15,23H,4-6,11-13,16H2,1-3H3,(H,32,35)/t23-/m1/s1. The number of carbonyl (C=O) groups is 2. The van der Waals surface area contributed by atoms with Crippen LogP contribution in [0.2, 0.25) is 5.02 Å². The Balaban J connectivity index is 1.46. The zero-order valence-electron chi connectivity index (χ0n) is 21.1. The molecule has 37 heavy (non-hydrogen) atoms. The number of halogens is 4. The Bertz CT molecular complexity index is 1180. The molecule has 0 spiro atoms. The first-order valence-corrected chi connectivity index (χ1v) is 12.7. The van der Waals surface area contributed by atoms with E-state index in [9.17, 15) is 22.8 Å².